The zero-order chi connectivity index (χ0) is 17.1. The standard InChI is InChI=1S/C18H17F2NO3/c19-16-6-5-15(9-17(16)20)24-10-18(23)21-13-3-1-12-8-14(22)4-2-11(12)7-13/h2,4-6,8-9,13,22H,1,3,7,10H2,(H,21,23). The van der Waals surface area contributed by atoms with Crippen LogP contribution in [0.3, 0.4) is 0 Å². The summed E-state index contributed by atoms with van der Waals surface area (Å²) < 4.78 is 31.1. The van der Waals surface area contributed by atoms with Crippen LogP contribution in [0.5, 0.6) is 11.5 Å². The van der Waals surface area contributed by atoms with E-state index in [4.69, 9.17) is 4.74 Å². The number of ether oxygens (including phenoxy) is 1. The Balaban J connectivity index is 1.52. The molecule has 4 nitrogen and oxygen atoms in total. The molecule has 24 heavy (non-hydrogen) atoms. The van der Waals surface area contributed by atoms with Crippen LogP contribution in [0.4, 0.5) is 8.78 Å². The van der Waals surface area contributed by atoms with Crippen molar-refractivity contribution in [2.75, 3.05) is 6.61 Å². The molecule has 0 spiro atoms. The highest BCUT2D eigenvalue weighted by molar-refractivity contribution is 5.78. The van der Waals surface area contributed by atoms with Gasteiger partial charge in [0.15, 0.2) is 18.2 Å². The Bertz CT molecular complexity index is 764. The Morgan fingerprint density at radius 3 is 2.79 bits per heavy atom. The van der Waals surface area contributed by atoms with Crippen LogP contribution in [0, 0.1) is 11.6 Å². The van der Waals surface area contributed by atoms with Crippen molar-refractivity contribution in [3.63, 3.8) is 0 Å². The van der Waals surface area contributed by atoms with Crippen LogP contribution >= 0.6 is 0 Å². The zero-order valence-corrected chi connectivity index (χ0v) is 12.9. The number of phenols is 1. The third kappa shape index (κ3) is 3.82. The number of aryl methyl sites for hydroxylation is 1. The predicted octanol–water partition coefficient (Wildman–Crippen LogP) is 2.72. The first kappa shape index (κ1) is 16.2. The van der Waals surface area contributed by atoms with Gasteiger partial charge in [0, 0.05) is 12.1 Å². The van der Waals surface area contributed by atoms with E-state index in [0.29, 0.717) is 6.42 Å². The normalized spacial score (nSPS) is 16.3. The number of aromatic hydroxyl groups is 1. The van der Waals surface area contributed by atoms with Crippen LogP contribution < -0.4 is 10.1 Å². The number of hydrogen-bond donors (Lipinski definition) is 2. The Kier molecular flexibility index (Phi) is 4.64. The number of carbonyl (C=O) groups is 1. The minimum absolute atomic E-state index is 0.0110. The molecular weight excluding hydrogens is 316 g/mol. The van der Waals surface area contributed by atoms with E-state index >= 15 is 0 Å². The highest BCUT2D eigenvalue weighted by Gasteiger charge is 2.20. The summed E-state index contributed by atoms with van der Waals surface area (Å²) in [6, 6.07) is 8.37. The average molecular weight is 333 g/mol. The van der Waals surface area contributed by atoms with Crippen molar-refractivity contribution in [3.05, 3.63) is 59.2 Å². The quantitative estimate of drug-likeness (QED) is 0.904. The first-order valence-electron chi connectivity index (χ1n) is 7.69. The predicted molar refractivity (Wildman–Crippen MR) is 83.9 cm³/mol. The molecule has 0 heterocycles. The molecular formula is C18H17F2NO3. The molecule has 2 aromatic carbocycles. The number of carbonyl (C=O) groups excluding carboxylic acids is 1. The molecule has 2 N–H and O–H groups in total. The molecule has 0 fully saturated rings. The lowest BCUT2D eigenvalue weighted by molar-refractivity contribution is -0.123. The van der Waals surface area contributed by atoms with Crippen molar-refractivity contribution in [3.8, 4) is 11.5 Å². The van der Waals surface area contributed by atoms with E-state index in [-0.39, 0.29) is 30.1 Å². The number of hydrogen-bond acceptors (Lipinski definition) is 3. The van der Waals surface area contributed by atoms with Crippen molar-refractivity contribution in [1.82, 2.24) is 5.32 Å². The zero-order valence-electron chi connectivity index (χ0n) is 12.9. The number of rotatable bonds is 4. The fourth-order valence-corrected chi connectivity index (χ4v) is 2.85. The van der Waals surface area contributed by atoms with Gasteiger partial charge < -0.3 is 15.2 Å². The minimum atomic E-state index is -1.01. The maximum absolute atomic E-state index is 13.1. The van der Waals surface area contributed by atoms with Gasteiger partial charge in [-0.3, -0.25) is 4.79 Å². The number of halogens is 2. The second-order valence-electron chi connectivity index (χ2n) is 5.82. The number of phenolic OH excluding ortho intramolecular Hbond substituents is 1. The van der Waals surface area contributed by atoms with Crippen LogP contribution in [0.25, 0.3) is 0 Å². The first-order valence-corrected chi connectivity index (χ1v) is 7.69. The van der Waals surface area contributed by atoms with Crippen LogP contribution in [0.2, 0.25) is 0 Å². The fourth-order valence-electron chi connectivity index (χ4n) is 2.85. The number of fused-ring (bicyclic) bond motifs is 1. The van der Waals surface area contributed by atoms with Crippen LogP contribution in [0.1, 0.15) is 17.5 Å². The largest absolute Gasteiger partial charge is 0.508 e. The van der Waals surface area contributed by atoms with Gasteiger partial charge >= 0.3 is 0 Å². The SMILES string of the molecule is O=C(COc1ccc(F)c(F)c1)NC1CCc2cc(O)ccc2C1. The Morgan fingerprint density at radius 1 is 1.17 bits per heavy atom. The molecule has 0 saturated heterocycles. The van der Waals surface area contributed by atoms with Gasteiger partial charge in [-0.15, -0.1) is 0 Å². The summed E-state index contributed by atoms with van der Waals surface area (Å²) in [6.45, 7) is -0.260. The van der Waals surface area contributed by atoms with Gasteiger partial charge in [0.2, 0.25) is 0 Å². The summed E-state index contributed by atoms with van der Waals surface area (Å²) in [5, 5.41) is 12.4. The average Bonchev–Trinajstić information content (AvgIpc) is 2.56. The molecule has 0 radical (unpaired) electrons. The van der Waals surface area contributed by atoms with Crippen molar-refractivity contribution < 1.29 is 23.4 Å². The lowest BCUT2D eigenvalue weighted by atomic mass is 9.88. The van der Waals surface area contributed by atoms with Crippen molar-refractivity contribution in [2.24, 2.45) is 0 Å². The lowest BCUT2D eigenvalue weighted by Gasteiger charge is -2.25. The molecule has 1 amide bonds. The highest BCUT2D eigenvalue weighted by atomic mass is 19.2. The molecule has 0 aromatic heterocycles. The molecule has 126 valence electrons. The minimum Gasteiger partial charge on any atom is -0.508 e. The molecule has 1 aliphatic rings. The molecule has 0 aliphatic heterocycles. The van der Waals surface area contributed by atoms with Gasteiger partial charge in [-0.2, -0.15) is 0 Å². The molecule has 2 aromatic rings. The molecule has 1 atom stereocenters. The van der Waals surface area contributed by atoms with Crippen molar-refractivity contribution in [2.45, 2.75) is 25.3 Å². The van der Waals surface area contributed by atoms with Crippen molar-refractivity contribution >= 4 is 5.91 Å². The molecule has 3 rings (SSSR count). The first-order chi connectivity index (χ1) is 11.5. The Morgan fingerprint density at radius 2 is 2.00 bits per heavy atom. The summed E-state index contributed by atoms with van der Waals surface area (Å²) >= 11 is 0. The molecule has 6 heteroatoms. The van der Waals surface area contributed by atoms with Gasteiger partial charge in [-0.1, -0.05) is 6.07 Å². The number of amides is 1. The molecule has 1 aliphatic carbocycles. The highest BCUT2D eigenvalue weighted by Crippen LogP contribution is 2.25. The lowest BCUT2D eigenvalue weighted by Crippen LogP contribution is -2.41. The number of nitrogens with one attached hydrogen (secondary N) is 1. The second kappa shape index (κ2) is 6.86. The summed E-state index contributed by atoms with van der Waals surface area (Å²) in [6.07, 6.45) is 2.23. The Hall–Kier alpha value is -2.63. The van der Waals surface area contributed by atoms with Gasteiger partial charge in [0.1, 0.15) is 11.5 Å². The monoisotopic (exact) mass is 333 g/mol. The molecule has 1 unspecified atom stereocenters. The van der Waals surface area contributed by atoms with Crippen LogP contribution in [-0.4, -0.2) is 23.7 Å². The van der Waals surface area contributed by atoms with E-state index in [1.54, 1.807) is 12.1 Å². The fraction of sp³-hybridized carbons (Fsp3) is 0.278. The van der Waals surface area contributed by atoms with Crippen LogP contribution in [-0.2, 0) is 17.6 Å². The topological polar surface area (TPSA) is 58.6 Å². The van der Waals surface area contributed by atoms with E-state index in [0.717, 1.165) is 36.1 Å². The third-order valence-electron chi connectivity index (χ3n) is 4.04. The maximum atomic E-state index is 13.1. The Labute approximate surface area is 138 Å². The number of benzene rings is 2. The van der Waals surface area contributed by atoms with Gasteiger partial charge in [0.25, 0.3) is 5.91 Å². The van der Waals surface area contributed by atoms with Crippen molar-refractivity contribution in [1.29, 1.82) is 0 Å². The summed E-state index contributed by atoms with van der Waals surface area (Å²) in [4.78, 5) is 12.0. The summed E-state index contributed by atoms with van der Waals surface area (Å²) in [5.74, 6) is -1.93. The van der Waals surface area contributed by atoms with E-state index in [9.17, 15) is 18.7 Å². The second-order valence-corrected chi connectivity index (χ2v) is 5.82. The van der Waals surface area contributed by atoms with E-state index in [2.05, 4.69) is 5.32 Å². The smallest absolute Gasteiger partial charge is 0.258 e. The molecule has 0 bridgehead atoms. The third-order valence-corrected chi connectivity index (χ3v) is 4.04. The van der Waals surface area contributed by atoms with Gasteiger partial charge in [-0.25, -0.2) is 8.78 Å². The van der Waals surface area contributed by atoms with Gasteiger partial charge in [-0.05, 0) is 54.7 Å². The van der Waals surface area contributed by atoms with Crippen LogP contribution in [0.15, 0.2) is 36.4 Å². The maximum Gasteiger partial charge on any atom is 0.258 e. The summed E-state index contributed by atoms with van der Waals surface area (Å²) in [5.41, 5.74) is 2.20. The summed E-state index contributed by atoms with van der Waals surface area (Å²) in [7, 11) is 0. The van der Waals surface area contributed by atoms with E-state index in [1.807, 2.05) is 6.07 Å². The van der Waals surface area contributed by atoms with E-state index in [1.165, 1.54) is 6.07 Å². The van der Waals surface area contributed by atoms with Gasteiger partial charge in [0.05, 0.1) is 0 Å². The van der Waals surface area contributed by atoms with E-state index < -0.39 is 11.6 Å². The molecule has 0 saturated carbocycles.